The molecule has 0 aliphatic rings. The van der Waals surface area contributed by atoms with Gasteiger partial charge in [0.2, 0.25) is 0 Å². The molecule has 1 rings (SSSR count). The van der Waals surface area contributed by atoms with Crippen molar-refractivity contribution in [3.63, 3.8) is 0 Å². The van der Waals surface area contributed by atoms with Crippen molar-refractivity contribution in [2.75, 3.05) is 12.9 Å². The lowest BCUT2D eigenvalue weighted by Crippen LogP contribution is -1.98. The van der Waals surface area contributed by atoms with E-state index in [9.17, 15) is 4.79 Å². The molecule has 0 aliphatic carbocycles. The molecule has 92 valence electrons. The van der Waals surface area contributed by atoms with Gasteiger partial charge in [-0.25, -0.2) is 0 Å². The Morgan fingerprint density at radius 1 is 1.29 bits per heavy atom. The van der Waals surface area contributed by atoms with Crippen LogP contribution < -0.4 is 0 Å². The van der Waals surface area contributed by atoms with Crippen LogP contribution in [0.1, 0.15) is 29.6 Å². The fourth-order valence-electron chi connectivity index (χ4n) is 1.49. The molecule has 1 aromatic carbocycles. The van der Waals surface area contributed by atoms with Gasteiger partial charge >= 0.3 is 0 Å². The van der Waals surface area contributed by atoms with Gasteiger partial charge in [0.05, 0.1) is 6.61 Å². The van der Waals surface area contributed by atoms with Crippen molar-refractivity contribution < 1.29 is 9.90 Å². The van der Waals surface area contributed by atoms with E-state index >= 15 is 0 Å². The van der Waals surface area contributed by atoms with Crippen molar-refractivity contribution in [2.45, 2.75) is 24.2 Å². The van der Waals surface area contributed by atoms with Gasteiger partial charge in [-0.05, 0) is 31.2 Å². The Balaban J connectivity index is 2.38. The fourth-order valence-corrected chi connectivity index (χ4v) is 1.90. The van der Waals surface area contributed by atoms with Crippen LogP contribution in [-0.4, -0.2) is 23.8 Å². The molecule has 0 bridgehead atoms. The van der Waals surface area contributed by atoms with Crippen LogP contribution in [-0.2, 0) is 0 Å². The normalized spacial score (nSPS) is 10.9. The zero-order valence-corrected chi connectivity index (χ0v) is 10.9. The summed E-state index contributed by atoms with van der Waals surface area (Å²) in [5.74, 6) is 0.190. The third-order valence-electron chi connectivity index (χ3n) is 2.46. The lowest BCUT2D eigenvalue weighted by Gasteiger charge is -2.01. The molecular formula is C14H18O2S. The average Bonchev–Trinajstić information content (AvgIpc) is 2.38. The van der Waals surface area contributed by atoms with Crippen molar-refractivity contribution in [2.24, 2.45) is 0 Å². The molecule has 0 saturated heterocycles. The summed E-state index contributed by atoms with van der Waals surface area (Å²) in [6.45, 7) is 0.0735. The van der Waals surface area contributed by atoms with E-state index < -0.39 is 0 Å². The highest BCUT2D eigenvalue weighted by atomic mass is 32.2. The van der Waals surface area contributed by atoms with Crippen LogP contribution >= 0.6 is 11.8 Å². The van der Waals surface area contributed by atoms with E-state index in [0.29, 0.717) is 6.42 Å². The van der Waals surface area contributed by atoms with Gasteiger partial charge in [0, 0.05) is 16.9 Å². The molecule has 0 spiro atoms. The van der Waals surface area contributed by atoms with Crippen molar-refractivity contribution in [3.05, 3.63) is 42.0 Å². The molecule has 2 nitrogen and oxygen atoms in total. The molecule has 1 aromatic rings. The third kappa shape index (κ3) is 5.20. The van der Waals surface area contributed by atoms with Gasteiger partial charge in [-0.2, -0.15) is 0 Å². The number of ketones is 1. The Morgan fingerprint density at radius 3 is 2.59 bits per heavy atom. The van der Waals surface area contributed by atoms with Crippen molar-refractivity contribution >= 4 is 17.5 Å². The van der Waals surface area contributed by atoms with Gasteiger partial charge in [0.25, 0.3) is 0 Å². The highest BCUT2D eigenvalue weighted by molar-refractivity contribution is 7.98. The number of hydrogen-bond acceptors (Lipinski definition) is 3. The molecule has 0 amide bonds. The minimum Gasteiger partial charge on any atom is -0.392 e. The smallest absolute Gasteiger partial charge is 0.162 e. The summed E-state index contributed by atoms with van der Waals surface area (Å²) in [7, 11) is 0. The van der Waals surface area contributed by atoms with E-state index in [0.717, 1.165) is 18.4 Å². The minimum absolute atomic E-state index is 0.0735. The lowest BCUT2D eigenvalue weighted by molar-refractivity contribution is 0.0980. The van der Waals surface area contributed by atoms with Gasteiger partial charge in [-0.1, -0.05) is 24.3 Å². The first kappa shape index (κ1) is 14.0. The van der Waals surface area contributed by atoms with E-state index in [1.54, 1.807) is 17.8 Å². The number of thioether (sulfide) groups is 1. The Kier molecular flexibility index (Phi) is 6.67. The standard InChI is InChI=1S/C14H18O2S/c1-17-13-9-7-12(8-10-13)14(16)6-4-2-3-5-11-15/h3,5,7-10,15H,2,4,6,11H2,1H3/b5-3-. The summed E-state index contributed by atoms with van der Waals surface area (Å²) in [6.07, 6.45) is 7.87. The van der Waals surface area contributed by atoms with Crippen LogP contribution in [0.5, 0.6) is 0 Å². The zero-order valence-electron chi connectivity index (χ0n) is 10.1. The largest absolute Gasteiger partial charge is 0.392 e. The number of unbranched alkanes of at least 4 members (excludes halogenated alkanes) is 1. The molecule has 0 heterocycles. The molecule has 0 atom stereocenters. The van der Waals surface area contributed by atoms with E-state index in [1.807, 2.05) is 36.6 Å². The number of Topliss-reactive ketones (excluding diaryl/α,β-unsaturated/α-hetero) is 1. The summed E-state index contributed by atoms with van der Waals surface area (Å²) in [6, 6.07) is 7.72. The van der Waals surface area contributed by atoms with Gasteiger partial charge in [0.1, 0.15) is 0 Å². The molecule has 0 unspecified atom stereocenters. The molecule has 0 saturated carbocycles. The molecule has 0 aliphatic heterocycles. The van der Waals surface area contributed by atoms with E-state index in [4.69, 9.17) is 5.11 Å². The molecule has 0 radical (unpaired) electrons. The van der Waals surface area contributed by atoms with Crippen LogP contribution in [0.4, 0.5) is 0 Å². The van der Waals surface area contributed by atoms with Gasteiger partial charge < -0.3 is 5.11 Å². The number of benzene rings is 1. The SMILES string of the molecule is CSc1ccc(C(=O)CCC/C=C\CO)cc1. The van der Waals surface area contributed by atoms with E-state index in [-0.39, 0.29) is 12.4 Å². The van der Waals surface area contributed by atoms with Crippen molar-refractivity contribution in [1.82, 2.24) is 0 Å². The summed E-state index contributed by atoms with van der Waals surface area (Å²) >= 11 is 1.67. The van der Waals surface area contributed by atoms with Gasteiger partial charge in [-0.3, -0.25) is 4.79 Å². The Bertz CT molecular complexity index is 368. The summed E-state index contributed by atoms with van der Waals surface area (Å²) < 4.78 is 0. The zero-order chi connectivity index (χ0) is 12.5. The first-order chi connectivity index (χ1) is 8.27. The molecule has 3 heteroatoms. The van der Waals surface area contributed by atoms with Crippen molar-refractivity contribution in [3.8, 4) is 0 Å². The predicted molar refractivity (Wildman–Crippen MR) is 72.6 cm³/mol. The number of rotatable bonds is 7. The molecular weight excluding hydrogens is 232 g/mol. The number of hydrogen-bond donors (Lipinski definition) is 1. The number of carbonyl (C=O) groups is 1. The first-order valence-electron chi connectivity index (χ1n) is 5.71. The Morgan fingerprint density at radius 2 is 2.00 bits per heavy atom. The summed E-state index contributed by atoms with van der Waals surface area (Å²) in [5, 5.41) is 8.55. The van der Waals surface area contributed by atoms with Crippen LogP contribution in [0.2, 0.25) is 0 Å². The van der Waals surface area contributed by atoms with Crippen LogP contribution in [0.15, 0.2) is 41.3 Å². The second kappa shape index (κ2) is 8.09. The van der Waals surface area contributed by atoms with E-state index in [1.165, 1.54) is 4.90 Å². The highest BCUT2D eigenvalue weighted by Gasteiger charge is 2.04. The van der Waals surface area contributed by atoms with Gasteiger partial charge in [-0.15, -0.1) is 11.8 Å². The van der Waals surface area contributed by atoms with Crippen LogP contribution in [0.3, 0.4) is 0 Å². The topological polar surface area (TPSA) is 37.3 Å². The molecule has 17 heavy (non-hydrogen) atoms. The number of aliphatic hydroxyl groups excluding tert-OH is 1. The van der Waals surface area contributed by atoms with Gasteiger partial charge in [0.15, 0.2) is 5.78 Å². The fraction of sp³-hybridized carbons (Fsp3) is 0.357. The number of carbonyl (C=O) groups excluding carboxylic acids is 1. The maximum absolute atomic E-state index is 11.8. The predicted octanol–water partition coefficient (Wildman–Crippen LogP) is 3.31. The number of allylic oxidation sites excluding steroid dienone is 1. The maximum atomic E-state index is 11.8. The average molecular weight is 250 g/mol. The maximum Gasteiger partial charge on any atom is 0.162 e. The second-order valence-corrected chi connectivity index (χ2v) is 4.58. The Hall–Kier alpha value is -1.06. The lowest BCUT2D eigenvalue weighted by atomic mass is 10.1. The molecule has 0 fully saturated rings. The Labute approximate surface area is 107 Å². The summed E-state index contributed by atoms with van der Waals surface area (Å²) in [4.78, 5) is 13.0. The monoisotopic (exact) mass is 250 g/mol. The van der Waals surface area contributed by atoms with Crippen LogP contribution in [0.25, 0.3) is 0 Å². The first-order valence-corrected chi connectivity index (χ1v) is 6.93. The highest BCUT2D eigenvalue weighted by Crippen LogP contribution is 2.16. The minimum atomic E-state index is 0.0735. The van der Waals surface area contributed by atoms with E-state index in [2.05, 4.69) is 0 Å². The molecule has 0 aromatic heterocycles. The quantitative estimate of drug-likeness (QED) is 0.349. The molecule has 1 N–H and O–H groups in total. The summed E-state index contributed by atoms with van der Waals surface area (Å²) in [5.41, 5.74) is 0.786. The van der Waals surface area contributed by atoms with Crippen LogP contribution in [0, 0.1) is 0 Å². The third-order valence-corrected chi connectivity index (χ3v) is 3.20. The van der Waals surface area contributed by atoms with Crippen molar-refractivity contribution in [1.29, 1.82) is 0 Å². The second-order valence-electron chi connectivity index (χ2n) is 3.70. The number of aliphatic hydroxyl groups is 1.